The van der Waals surface area contributed by atoms with Crippen molar-refractivity contribution in [1.29, 1.82) is 0 Å². The highest BCUT2D eigenvalue weighted by atomic mass is 19.1. The van der Waals surface area contributed by atoms with E-state index in [1.165, 1.54) is 29.2 Å². The minimum atomic E-state index is -0.794. The summed E-state index contributed by atoms with van der Waals surface area (Å²) in [6.07, 6.45) is 1.62. The summed E-state index contributed by atoms with van der Waals surface area (Å²) >= 11 is 0. The zero-order chi connectivity index (χ0) is 24.0. The molecule has 1 amide bonds. The fourth-order valence-corrected chi connectivity index (χ4v) is 3.94. The molecule has 0 bridgehead atoms. The molecule has 3 rings (SSSR count). The second-order valence-electron chi connectivity index (χ2n) is 7.70. The number of ether oxygens (including phenoxy) is 1. The molecule has 1 fully saturated rings. The molecule has 0 aromatic heterocycles. The van der Waals surface area contributed by atoms with E-state index in [9.17, 15) is 19.1 Å². The summed E-state index contributed by atoms with van der Waals surface area (Å²) in [5.41, 5.74) is 0.883. The van der Waals surface area contributed by atoms with Crippen LogP contribution in [0.25, 0.3) is 5.76 Å². The lowest BCUT2D eigenvalue weighted by atomic mass is 9.95. The fraction of sp³-hybridized carbons (Fsp3) is 0.308. The number of aliphatic hydroxyl groups is 1. The highest BCUT2D eigenvalue weighted by Gasteiger charge is 2.46. The molecular formula is C26H29FN2O4. The van der Waals surface area contributed by atoms with Crippen molar-refractivity contribution >= 4 is 17.4 Å². The summed E-state index contributed by atoms with van der Waals surface area (Å²) in [4.78, 5) is 29.8. The number of aliphatic hydroxyl groups excluding tert-OH is 1. The first-order valence-electron chi connectivity index (χ1n) is 11.0. The lowest BCUT2D eigenvalue weighted by Crippen LogP contribution is -2.38. The van der Waals surface area contributed by atoms with Gasteiger partial charge in [-0.25, -0.2) is 4.39 Å². The largest absolute Gasteiger partial charge is 0.507 e. The third-order valence-electron chi connectivity index (χ3n) is 5.75. The van der Waals surface area contributed by atoms with Crippen LogP contribution in [0.2, 0.25) is 0 Å². The van der Waals surface area contributed by atoms with E-state index in [1.807, 2.05) is 13.8 Å². The first kappa shape index (κ1) is 24.2. The number of rotatable bonds is 10. The molecule has 33 heavy (non-hydrogen) atoms. The fourth-order valence-electron chi connectivity index (χ4n) is 3.94. The van der Waals surface area contributed by atoms with Crippen LogP contribution in [0.15, 0.2) is 66.8 Å². The summed E-state index contributed by atoms with van der Waals surface area (Å²) in [5.74, 6) is -1.67. The van der Waals surface area contributed by atoms with Crippen molar-refractivity contribution in [2.45, 2.75) is 19.9 Å². The van der Waals surface area contributed by atoms with Crippen molar-refractivity contribution in [2.75, 3.05) is 32.8 Å². The van der Waals surface area contributed by atoms with Crippen LogP contribution >= 0.6 is 0 Å². The van der Waals surface area contributed by atoms with E-state index in [-0.39, 0.29) is 16.9 Å². The number of Topliss-reactive ketones (excluding diaryl/α,β-unsaturated/α-hetero) is 1. The topological polar surface area (TPSA) is 70.1 Å². The van der Waals surface area contributed by atoms with E-state index in [0.29, 0.717) is 31.0 Å². The average molecular weight is 453 g/mol. The minimum Gasteiger partial charge on any atom is -0.507 e. The van der Waals surface area contributed by atoms with Gasteiger partial charge in [-0.05, 0) is 55.1 Å². The Bertz CT molecular complexity index is 1040. The van der Waals surface area contributed by atoms with Crippen LogP contribution in [0.5, 0.6) is 5.75 Å². The number of hydrogen-bond acceptors (Lipinski definition) is 5. The molecular weight excluding hydrogens is 423 g/mol. The molecule has 1 aliphatic heterocycles. The first-order valence-corrected chi connectivity index (χ1v) is 11.0. The third-order valence-corrected chi connectivity index (χ3v) is 5.75. The van der Waals surface area contributed by atoms with Crippen LogP contribution in [0.1, 0.15) is 31.0 Å². The van der Waals surface area contributed by atoms with Gasteiger partial charge in [0.05, 0.1) is 11.6 Å². The molecule has 0 radical (unpaired) electrons. The zero-order valence-electron chi connectivity index (χ0n) is 19.0. The SMILES string of the molecule is C=CCOc1cccc([C@H]2C(=C(O)c3ccc(F)cc3)C(=O)C(=O)N2CCN(CC)CC)c1. The van der Waals surface area contributed by atoms with Gasteiger partial charge in [0.25, 0.3) is 11.7 Å². The van der Waals surface area contributed by atoms with Crippen molar-refractivity contribution in [2.24, 2.45) is 0 Å². The molecule has 7 heteroatoms. The van der Waals surface area contributed by atoms with E-state index < -0.39 is 23.5 Å². The van der Waals surface area contributed by atoms with Gasteiger partial charge in [-0.3, -0.25) is 9.59 Å². The second kappa shape index (κ2) is 10.9. The van der Waals surface area contributed by atoms with Crippen LogP contribution in [0.4, 0.5) is 4.39 Å². The van der Waals surface area contributed by atoms with E-state index in [4.69, 9.17) is 4.74 Å². The van der Waals surface area contributed by atoms with Crippen molar-refractivity contribution < 1.29 is 23.8 Å². The molecule has 0 unspecified atom stereocenters. The monoisotopic (exact) mass is 452 g/mol. The Labute approximate surface area is 193 Å². The van der Waals surface area contributed by atoms with E-state index in [2.05, 4.69) is 11.5 Å². The predicted molar refractivity (Wildman–Crippen MR) is 125 cm³/mol. The number of halogens is 1. The molecule has 1 heterocycles. The number of likely N-dealkylation sites (tertiary alicyclic amines) is 1. The van der Waals surface area contributed by atoms with Crippen LogP contribution in [-0.4, -0.2) is 59.4 Å². The molecule has 0 saturated carbocycles. The average Bonchev–Trinajstić information content (AvgIpc) is 3.08. The Balaban J connectivity index is 2.09. The summed E-state index contributed by atoms with van der Waals surface area (Å²) in [5, 5.41) is 11.0. The van der Waals surface area contributed by atoms with Gasteiger partial charge in [0.1, 0.15) is 23.9 Å². The van der Waals surface area contributed by atoms with Gasteiger partial charge in [-0.1, -0.05) is 38.6 Å². The van der Waals surface area contributed by atoms with Gasteiger partial charge in [0.15, 0.2) is 0 Å². The van der Waals surface area contributed by atoms with Crippen molar-refractivity contribution in [1.82, 2.24) is 9.80 Å². The number of likely N-dealkylation sites (N-methyl/N-ethyl adjacent to an activating group) is 1. The summed E-state index contributed by atoms with van der Waals surface area (Å²) in [6, 6.07) is 11.5. The van der Waals surface area contributed by atoms with E-state index in [1.54, 1.807) is 30.3 Å². The maximum atomic E-state index is 13.4. The van der Waals surface area contributed by atoms with Crippen LogP contribution in [0, 0.1) is 5.82 Å². The van der Waals surface area contributed by atoms with E-state index in [0.717, 1.165) is 13.1 Å². The highest BCUT2D eigenvalue weighted by Crippen LogP contribution is 2.40. The molecule has 1 atom stereocenters. The number of benzene rings is 2. The molecule has 2 aromatic carbocycles. The van der Waals surface area contributed by atoms with Gasteiger partial charge in [-0.2, -0.15) is 0 Å². The van der Waals surface area contributed by atoms with Crippen molar-refractivity contribution in [3.05, 3.63) is 83.7 Å². The molecule has 0 aliphatic carbocycles. The molecule has 6 nitrogen and oxygen atoms in total. The highest BCUT2D eigenvalue weighted by molar-refractivity contribution is 6.46. The number of carbonyl (C=O) groups excluding carboxylic acids is 2. The van der Waals surface area contributed by atoms with Gasteiger partial charge in [-0.15, -0.1) is 0 Å². The zero-order valence-corrected chi connectivity index (χ0v) is 19.0. The normalized spacial score (nSPS) is 17.6. The number of amides is 1. The van der Waals surface area contributed by atoms with Crippen LogP contribution in [-0.2, 0) is 9.59 Å². The predicted octanol–water partition coefficient (Wildman–Crippen LogP) is 4.15. The second-order valence-corrected chi connectivity index (χ2v) is 7.70. The van der Waals surface area contributed by atoms with E-state index >= 15 is 0 Å². The lowest BCUT2D eigenvalue weighted by molar-refractivity contribution is -0.140. The molecule has 174 valence electrons. The molecule has 1 aliphatic rings. The molecule has 0 spiro atoms. The molecule has 1 saturated heterocycles. The number of ketones is 1. The Hall–Kier alpha value is -3.45. The van der Waals surface area contributed by atoms with Gasteiger partial charge >= 0.3 is 0 Å². The van der Waals surface area contributed by atoms with Crippen molar-refractivity contribution in [3.63, 3.8) is 0 Å². The number of hydrogen-bond donors (Lipinski definition) is 1. The maximum Gasteiger partial charge on any atom is 0.295 e. The Morgan fingerprint density at radius 1 is 1.18 bits per heavy atom. The quantitative estimate of drug-likeness (QED) is 0.254. The summed E-state index contributed by atoms with van der Waals surface area (Å²) < 4.78 is 19.0. The molecule has 1 N–H and O–H groups in total. The maximum absolute atomic E-state index is 13.4. The van der Waals surface area contributed by atoms with Gasteiger partial charge < -0.3 is 19.6 Å². The standard InChI is InChI=1S/C26H29FN2O4/c1-4-16-33-21-9-7-8-19(17-21)23-22(24(30)18-10-12-20(27)13-11-18)25(31)26(32)29(23)15-14-28(5-2)6-3/h4,7-13,17,23,30H,1,5-6,14-16H2,2-3H3/t23-/m0/s1. The van der Waals surface area contributed by atoms with Gasteiger partial charge in [0, 0.05) is 18.7 Å². The summed E-state index contributed by atoms with van der Waals surface area (Å²) in [7, 11) is 0. The van der Waals surface area contributed by atoms with Crippen LogP contribution in [0.3, 0.4) is 0 Å². The number of carbonyl (C=O) groups is 2. The smallest absolute Gasteiger partial charge is 0.295 e. The number of nitrogens with zero attached hydrogens (tertiary/aromatic N) is 2. The van der Waals surface area contributed by atoms with Gasteiger partial charge in [0.2, 0.25) is 0 Å². The van der Waals surface area contributed by atoms with Crippen molar-refractivity contribution in [3.8, 4) is 5.75 Å². The Morgan fingerprint density at radius 3 is 2.52 bits per heavy atom. The minimum absolute atomic E-state index is 0.0213. The lowest BCUT2D eigenvalue weighted by Gasteiger charge is -2.28. The molecule has 2 aromatic rings. The first-order chi connectivity index (χ1) is 15.9. The third kappa shape index (κ3) is 5.31. The van der Waals surface area contributed by atoms with Crippen LogP contribution < -0.4 is 4.74 Å². The Morgan fingerprint density at radius 2 is 1.88 bits per heavy atom. The summed E-state index contributed by atoms with van der Waals surface area (Å²) in [6.45, 7) is 10.5. The Kier molecular flexibility index (Phi) is 8.01.